The highest BCUT2D eigenvalue weighted by atomic mass is 16.3. The van der Waals surface area contributed by atoms with Crippen LogP contribution in [0.2, 0.25) is 0 Å². The van der Waals surface area contributed by atoms with Gasteiger partial charge in [-0.25, -0.2) is 0 Å². The van der Waals surface area contributed by atoms with Crippen LogP contribution in [0.3, 0.4) is 0 Å². The first kappa shape index (κ1) is 16.0. The molecule has 2 N–H and O–H groups in total. The van der Waals surface area contributed by atoms with Crippen LogP contribution in [0, 0.1) is 23.2 Å². The van der Waals surface area contributed by atoms with Crippen LogP contribution in [-0.2, 0) is 0 Å². The molecule has 0 heterocycles. The van der Waals surface area contributed by atoms with Crippen molar-refractivity contribution in [2.75, 3.05) is 0 Å². The lowest BCUT2D eigenvalue weighted by atomic mass is 9.57. The quantitative estimate of drug-likeness (QED) is 0.664. The van der Waals surface area contributed by atoms with Gasteiger partial charge in [-0.2, -0.15) is 0 Å². The van der Waals surface area contributed by atoms with E-state index in [-0.39, 0.29) is 11.3 Å². The number of aliphatic hydroxyl groups excluding tert-OH is 2. The molecule has 0 radical (unpaired) electrons. The summed E-state index contributed by atoms with van der Waals surface area (Å²) in [4.78, 5) is 0. The summed E-state index contributed by atoms with van der Waals surface area (Å²) in [6, 6.07) is 0. The molecule has 0 aromatic heterocycles. The van der Waals surface area contributed by atoms with Crippen molar-refractivity contribution >= 4 is 0 Å². The third-order valence-corrected chi connectivity index (χ3v) is 6.78. The van der Waals surface area contributed by atoms with Gasteiger partial charge < -0.3 is 10.2 Å². The zero-order valence-corrected chi connectivity index (χ0v) is 14.0. The number of aliphatic hydroxyl groups is 2. The van der Waals surface area contributed by atoms with Gasteiger partial charge in [-0.05, 0) is 63.2 Å². The lowest BCUT2D eigenvalue weighted by Crippen LogP contribution is -2.54. The maximum Gasteiger partial charge on any atom is 0.0892 e. The van der Waals surface area contributed by atoms with E-state index < -0.39 is 12.2 Å². The Labute approximate surface area is 134 Å². The van der Waals surface area contributed by atoms with E-state index >= 15 is 0 Å². The van der Waals surface area contributed by atoms with Crippen molar-refractivity contribution in [3.63, 3.8) is 0 Å². The molecule has 0 saturated heterocycles. The van der Waals surface area contributed by atoms with Crippen LogP contribution in [-0.4, -0.2) is 22.4 Å². The van der Waals surface area contributed by atoms with Crippen molar-refractivity contribution in [2.24, 2.45) is 23.2 Å². The molecule has 0 aliphatic heterocycles. The Balaban J connectivity index is 2.03. The van der Waals surface area contributed by atoms with Gasteiger partial charge in [0.05, 0.1) is 12.2 Å². The molecule has 2 heteroatoms. The van der Waals surface area contributed by atoms with Crippen molar-refractivity contribution in [3.05, 3.63) is 36.0 Å². The zero-order valence-electron chi connectivity index (χ0n) is 14.0. The standard InChI is InChI=1S/C20H30O2/c1-12-6-5-7-13(2)15-8-9-16-17(15)14(3)20(4,11-10-12)19(22)18(16)21/h6,15-19,21-22H,2-3,5,7-11H2,1,4H3/b12-6+/t15-,16+,17-,18-,19-,20+/m0/s1. The molecule has 3 rings (SSSR count). The second-order valence-corrected chi connectivity index (χ2v) is 8.00. The normalized spacial score (nSPS) is 48.5. The van der Waals surface area contributed by atoms with Gasteiger partial charge in [0.15, 0.2) is 0 Å². The smallest absolute Gasteiger partial charge is 0.0892 e. The summed E-state index contributed by atoms with van der Waals surface area (Å²) < 4.78 is 0. The maximum absolute atomic E-state index is 10.8. The van der Waals surface area contributed by atoms with Crippen molar-refractivity contribution in [1.29, 1.82) is 0 Å². The van der Waals surface area contributed by atoms with E-state index in [0.29, 0.717) is 11.8 Å². The van der Waals surface area contributed by atoms with Gasteiger partial charge in [-0.15, -0.1) is 0 Å². The summed E-state index contributed by atoms with van der Waals surface area (Å²) in [5.74, 6) is 0.896. The second kappa shape index (κ2) is 5.65. The van der Waals surface area contributed by atoms with Crippen LogP contribution in [0.5, 0.6) is 0 Å². The van der Waals surface area contributed by atoms with E-state index in [1.807, 2.05) is 0 Å². The highest BCUT2D eigenvalue weighted by Gasteiger charge is 2.56. The SMILES string of the molecule is C=C1CC/C=C(\C)CC[C@]2(C)C(=C)[C@@H]3[C@@H](CC[C@@H]13)[C@H](O)[C@@H]2O. The highest BCUT2D eigenvalue weighted by molar-refractivity contribution is 5.29. The Morgan fingerprint density at radius 3 is 2.64 bits per heavy atom. The molecular formula is C20H30O2. The first-order chi connectivity index (χ1) is 10.4. The fraction of sp³-hybridized carbons (Fsp3) is 0.700. The van der Waals surface area contributed by atoms with E-state index in [4.69, 9.17) is 0 Å². The minimum absolute atomic E-state index is 0.159. The summed E-state index contributed by atoms with van der Waals surface area (Å²) in [5, 5.41) is 21.5. The van der Waals surface area contributed by atoms with E-state index in [1.54, 1.807) is 0 Å². The number of hydrogen-bond acceptors (Lipinski definition) is 2. The summed E-state index contributed by atoms with van der Waals surface area (Å²) in [7, 11) is 0. The molecule has 2 bridgehead atoms. The average Bonchev–Trinajstić information content (AvgIpc) is 2.93. The van der Waals surface area contributed by atoms with Gasteiger partial charge in [0.1, 0.15) is 0 Å². The molecule has 6 atom stereocenters. The molecule has 2 saturated carbocycles. The van der Waals surface area contributed by atoms with Crippen LogP contribution >= 0.6 is 0 Å². The number of rotatable bonds is 0. The molecule has 2 fully saturated rings. The van der Waals surface area contributed by atoms with Crippen molar-refractivity contribution in [1.82, 2.24) is 0 Å². The van der Waals surface area contributed by atoms with Crippen LogP contribution in [0.1, 0.15) is 52.4 Å². The monoisotopic (exact) mass is 302 g/mol. The summed E-state index contributed by atoms with van der Waals surface area (Å²) in [6.07, 6.45) is 7.00. The fourth-order valence-electron chi connectivity index (χ4n) is 5.11. The van der Waals surface area contributed by atoms with Gasteiger partial charge >= 0.3 is 0 Å². The first-order valence-electron chi connectivity index (χ1n) is 8.75. The third-order valence-electron chi connectivity index (χ3n) is 6.78. The maximum atomic E-state index is 10.8. The number of fused-ring (bicyclic) bond motifs is 1. The topological polar surface area (TPSA) is 40.5 Å². The van der Waals surface area contributed by atoms with Gasteiger partial charge in [-0.1, -0.05) is 42.9 Å². The van der Waals surface area contributed by atoms with Gasteiger partial charge in [0.2, 0.25) is 0 Å². The molecular weight excluding hydrogens is 272 g/mol. The van der Waals surface area contributed by atoms with Crippen molar-refractivity contribution < 1.29 is 10.2 Å². The summed E-state index contributed by atoms with van der Waals surface area (Å²) in [6.45, 7) is 13.1. The third kappa shape index (κ3) is 2.32. The van der Waals surface area contributed by atoms with E-state index in [9.17, 15) is 10.2 Å². The molecule has 0 aromatic carbocycles. The largest absolute Gasteiger partial charge is 0.390 e. The minimum atomic E-state index is -0.693. The molecule has 2 nitrogen and oxygen atoms in total. The van der Waals surface area contributed by atoms with Crippen LogP contribution in [0.4, 0.5) is 0 Å². The molecule has 122 valence electrons. The first-order valence-corrected chi connectivity index (χ1v) is 8.75. The van der Waals surface area contributed by atoms with Crippen molar-refractivity contribution in [3.8, 4) is 0 Å². The average molecular weight is 302 g/mol. The minimum Gasteiger partial charge on any atom is -0.390 e. The van der Waals surface area contributed by atoms with Gasteiger partial charge in [0.25, 0.3) is 0 Å². The lowest BCUT2D eigenvalue weighted by Gasteiger charge is -2.50. The zero-order chi connectivity index (χ0) is 16.1. The van der Waals surface area contributed by atoms with E-state index in [2.05, 4.69) is 33.1 Å². The molecule has 22 heavy (non-hydrogen) atoms. The molecule has 0 aromatic rings. The van der Waals surface area contributed by atoms with Crippen LogP contribution < -0.4 is 0 Å². The Bertz CT molecular complexity index is 518. The Morgan fingerprint density at radius 1 is 1.18 bits per heavy atom. The Kier molecular flexibility index (Phi) is 4.11. The molecule has 3 aliphatic carbocycles. The molecule has 0 spiro atoms. The molecule has 0 amide bonds. The molecule has 0 unspecified atom stereocenters. The lowest BCUT2D eigenvalue weighted by molar-refractivity contribution is -0.106. The van der Waals surface area contributed by atoms with Crippen LogP contribution in [0.25, 0.3) is 0 Å². The Morgan fingerprint density at radius 2 is 1.91 bits per heavy atom. The van der Waals surface area contributed by atoms with Gasteiger partial charge in [-0.3, -0.25) is 0 Å². The number of hydrogen-bond donors (Lipinski definition) is 2. The predicted molar refractivity (Wildman–Crippen MR) is 90.3 cm³/mol. The highest BCUT2D eigenvalue weighted by Crippen LogP contribution is 2.58. The van der Waals surface area contributed by atoms with Gasteiger partial charge in [0, 0.05) is 5.41 Å². The Hall–Kier alpha value is -0.860. The fourth-order valence-corrected chi connectivity index (χ4v) is 5.11. The van der Waals surface area contributed by atoms with Crippen molar-refractivity contribution in [2.45, 2.75) is 64.6 Å². The predicted octanol–water partition coefficient (Wildman–Crippen LogP) is 4.00. The second-order valence-electron chi connectivity index (χ2n) is 8.00. The van der Waals surface area contributed by atoms with E-state index in [1.165, 1.54) is 11.1 Å². The van der Waals surface area contributed by atoms with Crippen LogP contribution in [0.15, 0.2) is 36.0 Å². The summed E-state index contributed by atoms with van der Waals surface area (Å²) >= 11 is 0. The van der Waals surface area contributed by atoms with E-state index in [0.717, 1.165) is 44.1 Å². The number of allylic oxidation sites excluding steroid dienone is 3. The molecule has 3 aliphatic rings. The summed E-state index contributed by atoms with van der Waals surface area (Å²) in [5.41, 5.74) is 3.46.